The van der Waals surface area contributed by atoms with Crippen LogP contribution in [-0.4, -0.2) is 31.9 Å². The Morgan fingerprint density at radius 3 is 2.71 bits per heavy atom. The molecule has 0 saturated heterocycles. The third-order valence-corrected chi connectivity index (χ3v) is 6.73. The minimum absolute atomic E-state index is 0.0221. The Bertz CT molecular complexity index is 651. The van der Waals surface area contributed by atoms with Crippen molar-refractivity contribution in [1.29, 1.82) is 0 Å². The van der Waals surface area contributed by atoms with E-state index in [4.69, 9.17) is 4.74 Å². The van der Waals surface area contributed by atoms with E-state index in [0.717, 1.165) is 37.0 Å². The summed E-state index contributed by atoms with van der Waals surface area (Å²) >= 11 is 0. The zero-order valence-electron chi connectivity index (χ0n) is 14.5. The number of ether oxygens (including phenoxy) is 1. The molecule has 1 atom stereocenters. The Morgan fingerprint density at radius 1 is 1.33 bits per heavy atom. The molecule has 0 aliphatic heterocycles. The lowest BCUT2D eigenvalue weighted by molar-refractivity contribution is -0.121. The molecule has 2 rings (SSSR count). The van der Waals surface area contributed by atoms with Crippen LogP contribution >= 0.6 is 0 Å². The highest BCUT2D eigenvalue weighted by atomic mass is 32.2. The van der Waals surface area contributed by atoms with Crippen LogP contribution in [0.15, 0.2) is 24.3 Å². The minimum Gasteiger partial charge on any atom is -0.494 e. The molecule has 134 valence electrons. The van der Waals surface area contributed by atoms with Crippen molar-refractivity contribution >= 4 is 15.7 Å². The lowest BCUT2D eigenvalue weighted by Crippen LogP contribution is -2.30. The normalized spacial score (nSPS) is 16.8. The summed E-state index contributed by atoms with van der Waals surface area (Å²) < 4.78 is 29.9. The SMILES string of the molecule is CCOc1cccc([C@@H](C)NC(=O)CCS(=O)(=O)C2CCCC2)c1. The van der Waals surface area contributed by atoms with E-state index in [1.165, 1.54) is 0 Å². The van der Waals surface area contributed by atoms with E-state index in [0.29, 0.717) is 6.61 Å². The fraction of sp³-hybridized carbons (Fsp3) is 0.611. The van der Waals surface area contributed by atoms with E-state index in [1.807, 2.05) is 38.1 Å². The predicted octanol–water partition coefficient (Wildman–Crippen LogP) is 3.01. The van der Waals surface area contributed by atoms with Crippen molar-refractivity contribution in [2.75, 3.05) is 12.4 Å². The number of hydrogen-bond donors (Lipinski definition) is 1. The summed E-state index contributed by atoms with van der Waals surface area (Å²) in [4.78, 5) is 12.1. The molecule has 1 aliphatic rings. The first kappa shape index (κ1) is 18.8. The maximum absolute atomic E-state index is 12.2. The van der Waals surface area contributed by atoms with Gasteiger partial charge < -0.3 is 10.1 Å². The summed E-state index contributed by atoms with van der Waals surface area (Å²) in [5.74, 6) is 0.473. The first-order valence-electron chi connectivity index (χ1n) is 8.66. The van der Waals surface area contributed by atoms with Crippen LogP contribution in [0, 0.1) is 0 Å². The van der Waals surface area contributed by atoms with E-state index >= 15 is 0 Å². The smallest absolute Gasteiger partial charge is 0.221 e. The second kappa shape index (κ2) is 8.51. The summed E-state index contributed by atoms with van der Waals surface area (Å²) in [6.45, 7) is 4.39. The first-order chi connectivity index (χ1) is 11.4. The molecule has 1 aliphatic carbocycles. The predicted molar refractivity (Wildman–Crippen MR) is 94.8 cm³/mol. The summed E-state index contributed by atoms with van der Waals surface area (Å²) in [5.41, 5.74) is 0.938. The minimum atomic E-state index is -3.15. The quantitative estimate of drug-likeness (QED) is 0.780. The maximum atomic E-state index is 12.2. The van der Waals surface area contributed by atoms with Crippen LogP contribution in [0.3, 0.4) is 0 Å². The third-order valence-electron chi connectivity index (χ3n) is 4.47. The molecular weight excluding hydrogens is 326 g/mol. The van der Waals surface area contributed by atoms with E-state index in [9.17, 15) is 13.2 Å². The molecule has 24 heavy (non-hydrogen) atoms. The summed E-state index contributed by atoms with van der Waals surface area (Å²) in [5, 5.41) is 2.62. The maximum Gasteiger partial charge on any atom is 0.221 e. The lowest BCUT2D eigenvalue weighted by atomic mass is 10.1. The van der Waals surface area contributed by atoms with Gasteiger partial charge in [-0.15, -0.1) is 0 Å². The van der Waals surface area contributed by atoms with Gasteiger partial charge in [0.05, 0.1) is 23.7 Å². The van der Waals surface area contributed by atoms with Crippen LogP contribution in [0.4, 0.5) is 0 Å². The van der Waals surface area contributed by atoms with E-state index in [1.54, 1.807) is 0 Å². The topological polar surface area (TPSA) is 72.5 Å². The molecule has 1 N–H and O–H groups in total. The molecular formula is C18H27NO4S. The third kappa shape index (κ3) is 5.23. The Morgan fingerprint density at radius 2 is 2.04 bits per heavy atom. The average Bonchev–Trinajstić information content (AvgIpc) is 3.09. The van der Waals surface area contributed by atoms with Crippen LogP contribution in [-0.2, 0) is 14.6 Å². The molecule has 1 amide bonds. The number of nitrogens with one attached hydrogen (secondary N) is 1. The molecule has 0 heterocycles. The molecule has 0 unspecified atom stereocenters. The molecule has 0 radical (unpaired) electrons. The molecule has 1 saturated carbocycles. The van der Waals surface area contributed by atoms with Crippen LogP contribution in [0.1, 0.15) is 57.6 Å². The Kier molecular flexibility index (Phi) is 6.66. The van der Waals surface area contributed by atoms with Gasteiger partial charge in [-0.25, -0.2) is 8.42 Å². The zero-order valence-corrected chi connectivity index (χ0v) is 15.3. The molecule has 1 aromatic carbocycles. The van der Waals surface area contributed by atoms with Crippen molar-refractivity contribution in [1.82, 2.24) is 5.32 Å². The van der Waals surface area contributed by atoms with Crippen LogP contribution < -0.4 is 10.1 Å². The largest absolute Gasteiger partial charge is 0.494 e. The van der Waals surface area contributed by atoms with Gasteiger partial charge in [-0.05, 0) is 44.4 Å². The van der Waals surface area contributed by atoms with Crippen molar-refractivity contribution in [3.63, 3.8) is 0 Å². The first-order valence-corrected chi connectivity index (χ1v) is 10.4. The van der Waals surface area contributed by atoms with Crippen molar-refractivity contribution in [2.45, 2.75) is 57.2 Å². The molecule has 6 heteroatoms. The Labute approximate surface area is 144 Å². The van der Waals surface area contributed by atoms with Gasteiger partial charge in [0.15, 0.2) is 9.84 Å². The fourth-order valence-corrected chi connectivity index (χ4v) is 4.94. The Balaban J connectivity index is 1.86. The Hall–Kier alpha value is -1.56. The highest BCUT2D eigenvalue weighted by Crippen LogP contribution is 2.25. The monoisotopic (exact) mass is 353 g/mol. The van der Waals surface area contributed by atoms with Gasteiger partial charge in [-0.2, -0.15) is 0 Å². The number of carbonyl (C=O) groups excluding carboxylic acids is 1. The lowest BCUT2D eigenvalue weighted by Gasteiger charge is -2.16. The number of carbonyl (C=O) groups is 1. The van der Waals surface area contributed by atoms with Crippen LogP contribution in [0.5, 0.6) is 5.75 Å². The van der Waals surface area contributed by atoms with Crippen LogP contribution in [0.2, 0.25) is 0 Å². The van der Waals surface area contributed by atoms with Gasteiger partial charge in [0.1, 0.15) is 5.75 Å². The number of hydrogen-bond acceptors (Lipinski definition) is 4. The number of rotatable bonds is 8. The van der Waals surface area contributed by atoms with Gasteiger partial charge in [-0.1, -0.05) is 25.0 Å². The van der Waals surface area contributed by atoms with Crippen molar-refractivity contribution in [3.05, 3.63) is 29.8 Å². The number of amides is 1. The van der Waals surface area contributed by atoms with Gasteiger partial charge in [0.25, 0.3) is 0 Å². The van der Waals surface area contributed by atoms with E-state index < -0.39 is 9.84 Å². The van der Waals surface area contributed by atoms with Crippen LogP contribution in [0.25, 0.3) is 0 Å². The summed E-state index contributed by atoms with van der Waals surface area (Å²) in [6, 6.07) is 7.38. The van der Waals surface area contributed by atoms with E-state index in [2.05, 4.69) is 5.32 Å². The second-order valence-corrected chi connectivity index (χ2v) is 8.72. The van der Waals surface area contributed by atoms with Gasteiger partial charge in [-0.3, -0.25) is 4.79 Å². The van der Waals surface area contributed by atoms with Gasteiger partial charge in [0, 0.05) is 6.42 Å². The highest BCUT2D eigenvalue weighted by molar-refractivity contribution is 7.92. The van der Waals surface area contributed by atoms with Gasteiger partial charge >= 0.3 is 0 Å². The molecule has 5 nitrogen and oxygen atoms in total. The van der Waals surface area contributed by atoms with Crippen molar-refractivity contribution in [3.8, 4) is 5.75 Å². The molecule has 1 aromatic rings. The number of benzene rings is 1. The van der Waals surface area contributed by atoms with Gasteiger partial charge in [0.2, 0.25) is 5.91 Å². The standard InChI is InChI=1S/C18H27NO4S/c1-3-23-16-8-6-7-15(13-16)14(2)19-18(20)11-12-24(21,22)17-9-4-5-10-17/h6-8,13-14,17H,3-5,9-12H2,1-2H3,(H,19,20)/t14-/m1/s1. The second-order valence-electron chi connectivity index (χ2n) is 6.32. The molecule has 0 bridgehead atoms. The molecule has 0 spiro atoms. The summed E-state index contributed by atoms with van der Waals surface area (Å²) in [7, 11) is -3.15. The van der Waals surface area contributed by atoms with Crippen molar-refractivity contribution < 1.29 is 17.9 Å². The average molecular weight is 353 g/mol. The summed E-state index contributed by atoms with van der Waals surface area (Å²) in [6.07, 6.45) is 3.45. The molecule has 1 fully saturated rings. The number of sulfone groups is 1. The van der Waals surface area contributed by atoms with E-state index in [-0.39, 0.29) is 29.4 Å². The fourth-order valence-electron chi connectivity index (χ4n) is 3.09. The molecule has 0 aromatic heterocycles. The highest BCUT2D eigenvalue weighted by Gasteiger charge is 2.29. The zero-order chi connectivity index (χ0) is 17.6. The van der Waals surface area contributed by atoms with Crippen molar-refractivity contribution in [2.24, 2.45) is 0 Å².